The minimum atomic E-state index is 0.967. The molecule has 60 valence electrons. The van der Waals surface area contributed by atoms with Gasteiger partial charge >= 0.3 is 0 Å². The molecule has 1 aromatic heterocycles. The Labute approximate surface area is 71.4 Å². The van der Waals surface area contributed by atoms with Crippen LogP contribution in [-0.4, -0.2) is 6.54 Å². The summed E-state index contributed by atoms with van der Waals surface area (Å²) in [6.07, 6.45) is 2.85. The molecule has 0 bridgehead atoms. The fraction of sp³-hybridized carbons (Fsp3) is 0.556. The van der Waals surface area contributed by atoms with Crippen LogP contribution in [-0.2, 0) is 0 Å². The summed E-state index contributed by atoms with van der Waals surface area (Å²) in [6.45, 7) is 3.34. The second kappa shape index (κ2) is 2.86. The molecule has 0 spiro atoms. The highest BCUT2D eigenvalue weighted by Gasteiger charge is 2.20. The first-order chi connectivity index (χ1) is 5.36. The van der Waals surface area contributed by atoms with E-state index in [0.717, 1.165) is 5.92 Å². The molecular weight excluding hydrogens is 154 g/mol. The van der Waals surface area contributed by atoms with Gasteiger partial charge in [-0.2, -0.15) is 0 Å². The Morgan fingerprint density at radius 2 is 2.36 bits per heavy atom. The van der Waals surface area contributed by atoms with E-state index in [1.807, 2.05) is 0 Å². The summed E-state index contributed by atoms with van der Waals surface area (Å²) in [6, 6.07) is 0. The molecule has 0 aromatic carbocycles. The summed E-state index contributed by atoms with van der Waals surface area (Å²) in [5.74, 6) is 0.967. The molecule has 1 aliphatic rings. The molecular formula is C9H13NS. The van der Waals surface area contributed by atoms with E-state index in [1.54, 1.807) is 11.3 Å². The average molecular weight is 167 g/mol. The first-order valence-corrected chi connectivity index (χ1v) is 5.07. The van der Waals surface area contributed by atoms with E-state index in [2.05, 4.69) is 23.0 Å². The lowest BCUT2D eigenvalue weighted by Gasteiger charge is -2.02. The molecule has 0 saturated heterocycles. The van der Waals surface area contributed by atoms with Crippen LogP contribution >= 0.6 is 11.3 Å². The van der Waals surface area contributed by atoms with Gasteiger partial charge < -0.3 is 5.32 Å². The highest BCUT2D eigenvalue weighted by molar-refractivity contribution is 7.08. The molecule has 1 heterocycles. The van der Waals surface area contributed by atoms with E-state index in [0.29, 0.717) is 0 Å². The summed E-state index contributed by atoms with van der Waals surface area (Å²) < 4.78 is 0. The Kier molecular flexibility index (Phi) is 1.86. The van der Waals surface area contributed by atoms with Crippen molar-refractivity contribution in [2.24, 2.45) is 5.92 Å². The Balaban J connectivity index is 1.89. The number of hydrogen-bond acceptors (Lipinski definition) is 2. The third-order valence-corrected chi connectivity index (χ3v) is 3.00. The number of anilines is 1. The summed E-state index contributed by atoms with van der Waals surface area (Å²) in [5, 5.41) is 7.85. The molecule has 1 nitrogen and oxygen atoms in total. The molecule has 1 saturated carbocycles. The molecule has 0 atom stereocenters. The Bertz CT molecular complexity index is 237. The molecule has 0 unspecified atom stereocenters. The maximum atomic E-state index is 3.47. The van der Waals surface area contributed by atoms with Crippen molar-refractivity contribution in [3.8, 4) is 0 Å². The molecule has 0 amide bonds. The van der Waals surface area contributed by atoms with E-state index in [9.17, 15) is 0 Å². The summed E-state index contributed by atoms with van der Waals surface area (Å²) in [4.78, 5) is 0. The van der Waals surface area contributed by atoms with Crippen LogP contribution in [0.15, 0.2) is 10.8 Å². The number of aryl methyl sites for hydroxylation is 1. The SMILES string of the molecule is Cc1cscc1NCC1CC1. The van der Waals surface area contributed by atoms with E-state index < -0.39 is 0 Å². The van der Waals surface area contributed by atoms with Gasteiger partial charge in [0.05, 0.1) is 0 Å². The van der Waals surface area contributed by atoms with Gasteiger partial charge in [0.15, 0.2) is 0 Å². The van der Waals surface area contributed by atoms with Crippen molar-refractivity contribution in [2.75, 3.05) is 11.9 Å². The van der Waals surface area contributed by atoms with Crippen LogP contribution in [0.3, 0.4) is 0 Å². The topological polar surface area (TPSA) is 12.0 Å². The average Bonchev–Trinajstić information content (AvgIpc) is 2.73. The quantitative estimate of drug-likeness (QED) is 0.730. The highest BCUT2D eigenvalue weighted by atomic mass is 32.1. The van der Waals surface area contributed by atoms with Gasteiger partial charge in [-0.15, -0.1) is 11.3 Å². The highest BCUT2D eigenvalue weighted by Crippen LogP contribution is 2.29. The zero-order valence-corrected chi connectivity index (χ0v) is 7.58. The molecule has 0 aliphatic heterocycles. The van der Waals surface area contributed by atoms with Crippen molar-refractivity contribution in [1.82, 2.24) is 0 Å². The molecule has 1 aliphatic carbocycles. The monoisotopic (exact) mass is 167 g/mol. The number of nitrogens with one attached hydrogen (secondary N) is 1. The molecule has 11 heavy (non-hydrogen) atoms. The van der Waals surface area contributed by atoms with Gasteiger partial charge in [-0.1, -0.05) is 0 Å². The molecule has 2 rings (SSSR count). The predicted molar refractivity (Wildman–Crippen MR) is 50.3 cm³/mol. The minimum absolute atomic E-state index is 0.967. The van der Waals surface area contributed by atoms with Gasteiger partial charge in [0, 0.05) is 17.6 Å². The van der Waals surface area contributed by atoms with Crippen LogP contribution in [0.1, 0.15) is 18.4 Å². The summed E-state index contributed by atoms with van der Waals surface area (Å²) in [7, 11) is 0. The summed E-state index contributed by atoms with van der Waals surface area (Å²) in [5.41, 5.74) is 2.72. The number of rotatable bonds is 3. The summed E-state index contributed by atoms with van der Waals surface area (Å²) >= 11 is 1.78. The van der Waals surface area contributed by atoms with Gasteiger partial charge in [0.1, 0.15) is 0 Å². The Morgan fingerprint density at radius 1 is 1.55 bits per heavy atom. The molecule has 1 aromatic rings. The predicted octanol–water partition coefficient (Wildman–Crippen LogP) is 2.88. The van der Waals surface area contributed by atoms with Crippen molar-refractivity contribution < 1.29 is 0 Å². The molecule has 1 fully saturated rings. The Hall–Kier alpha value is -0.500. The third-order valence-electron chi connectivity index (χ3n) is 2.13. The number of thiophene rings is 1. The van der Waals surface area contributed by atoms with Crippen LogP contribution < -0.4 is 5.32 Å². The first kappa shape index (κ1) is 7.17. The zero-order chi connectivity index (χ0) is 7.68. The van der Waals surface area contributed by atoms with Crippen molar-refractivity contribution >= 4 is 17.0 Å². The second-order valence-corrected chi connectivity index (χ2v) is 4.04. The van der Waals surface area contributed by atoms with Crippen LogP contribution in [0.4, 0.5) is 5.69 Å². The van der Waals surface area contributed by atoms with Gasteiger partial charge in [0.25, 0.3) is 0 Å². The second-order valence-electron chi connectivity index (χ2n) is 3.29. The van der Waals surface area contributed by atoms with Crippen LogP contribution in [0.25, 0.3) is 0 Å². The van der Waals surface area contributed by atoms with Crippen molar-refractivity contribution in [1.29, 1.82) is 0 Å². The minimum Gasteiger partial charge on any atom is -0.384 e. The lowest BCUT2D eigenvalue weighted by molar-refractivity contribution is 0.889. The fourth-order valence-corrected chi connectivity index (χ4v) is 1.92. The van der Waals surface area contributed by atoms with Crippen LogP contribution in [0, 0.1) is 12.8 Å². The van der Waals surface area contributed by atoms with E-state index >= 15 is 0 Å². The van der Waals surface area contributed by atoms with Gasteiger partial charge in [-0.25, -0.2) is 0 Å². The van der Waals surface area contributed by atoms with E-state index in [4.69, 9.17) is 0 Å². The van der Waals surface area contributed by atoms with Crippen molar-refractivity contribution in [3.05, 3.63) is 16.3 Å². The zero-order valence-electron chi connectivity index (χ0n) is 6.76. The molecule has 0 radical (unpaired) electrons. The van der Waals surface area contributed by atoms with Crippen LogP contribution in [0.2, 0.25) is 0 Å². The first-order valence-electron chi connectivity index (χ1n) is 4.13. The Morgan fingerprint density at radius 3 is 2.91 bits per heavy atom. The maximum absolute atomic E-state index is 3.47. The van der Waals surface area contributed by atoms with Gasteiger partial charge in [0.2, 0.25) is 0 Å². The van der Waals surface area contributed by atoms with Crippen molar-refractivity contribution in [2.45, 2.75) is 19.8 Å². The maximum Gasteiger partial charge on any atom is 0.0478 e. The standard InChI is InChI=1S/C9H13NS/c1-7-5-11-6-9(7)10-4-8-2-3-8/h5-6,8,10H,2-4H2,1H3. The molecule has 2 heteroatoms. The van der Waals surface area contributed by atoms with E-state index in [1.165, 1.54) is 30.6 Å². The largest absolute Gasteiger partial charge is 0.384 e. The van der Waals surface area contributed by atoms with Crippen LogP contribution in [0.5, 0.6) is 0 Å². The van der Waals surface area contributed by atoms with Gasteiger partial charge in [-0.05, 0) is 36.6 Å². The lowest BCUT2D eigenvalue weighted by atomic mass is 10.3. The van der Waals surface area contributed by atoms with E-state index in [-0.39, 0.29) is 0 Å². The lowest BCUT2D eigenvalue weighted by Crippen LogP contribution is -2.02. The smallest absolute Gasteiger partial charge is 0.0478 e. The molecule has 1 N–H and O–H groups in total. The van der Waals surface area contributed by atoms with Gasteiger partial charge in [-0.3, -0.25) is 0 Å². The normalized spacial score (nSPS) is 16.8. The fourth-order valence-electron chi connectivity index (χ4n) is 1.12. The number of hydrogen-bond donors (Lipinski definition) is 1. The third kappa shape index (κ3) is 1.74. The van der Waals surface area contributed by atoms with Crippen molar-refractivity contribution in [3.63, 3.8) is 0 Å².